The summed E-state index contributed by atoms with van der Waals surface area (Å²) in [6.45, 7) is 1.83. The van der Waals surface area contributed by atoms with Gasteiger partial charge in [0.2, 0.25) is 0 Å². The molecule has 0 aliphatic heterocycles. The molecule has 2 aromatic rings. The van der Waals surface area contributed by atoms with Crippen LogP contribution in [-0.2, 0) is 6.42 Å². The number of aliphatic hydroxyl groups is 1. The first kappa shape index (κ1) is 11.3. The van der Waals surface area contributed by atoms with Crippen LogP contribution in [0.1, 0.15) is 22.8 Å². The minimum atomic E-state index is -0.768. The molecule has 0 fully saturated rings. The Balaban J connectivity index is 2.17. The Labute approximate surface area is 98.2 Å². The SMILES string of the molecule is Cc1ccc(C(O)Cc2ccsc2)c(F)c1. The number of halogens is 1. The lowest BCUT2D eigenvalue weighted by molar-refractivity contribution is 0.173. The molecule has 1 nitrogen and oxygen atoms in total. The molecule has 0 spiro atoms. The number of hydrogen-bond donors (Lipinski definition) is 1. The van der Waals surface area contributed by atoms with E-state index < -0.39 is 6.10 Å². The summed E-state index contributed by atoms with van der Waals surface area (Å²) >= 11 is 1.58. The van der Waals surface area contributed by atoms with E-state index in [1.807, 2.05) is 29.8 Å². The van der Waals surface area contributed by atoms with Gasteiger partial charge in [-0.3, -0.25) is 0 Å². The second kappa shape index (κ2) is 4.76. The number of aliphatic hydroxyl groups excluding tert-OH is 1. The van der Waals surface area contributed by atoms with E-state index in [4.69, 9.17) is 0 Å². The largest absolute Gasteiger partial charge is 0.388 e. The van der Waals surface area contributed by atoms with Crippen LogP contribution in [0, 0.1) is 12.7 Å². The van der Waals surface area contributed by atoms with Crippen molar-refractivity contribution in [3.05, 3.63) is 57.5 Å². The quantitative estimate of drug-likeness (QED) is 0.865. The maximum absolute atomic E-state index is 13.6. The molecule has 0 saturated carbocycles. The Hall–Kier alpha value is -1.19. The smallest absolute Gasteiger partial charge is 0.129 e. The predicted molar refractivity (Wildman–Crippen MR) is 64.1 cm³/mol. The first-order valence-electron chi connectivity index (χ1n) is 5.12. The summed E-state index contributed by atoms with van der Waals surface area (Å²) in [4.78, 5) is 0. The second-order valence-electron chi connectivity index (χ2n) is 3.88. The molecule has 0 amide bonds. The monoisotopic (exact) mass is 236 g/mol. The highest BCUT2D eigenvalue weighted by Gasteiger charge is 2.13. The van der Waals surface area contributed by atoms with Crippen LogP contribution in [0.15, 0.2) is 35.0 Å². The van der Waals surface area contributed by atoms with Crippen LogP contribution >= 0.6 is 11.3 Å². The molecule has 0 saturated heterocycles. The average molecular weight is 236 g/mol. The maximum atomic E-state index is 13.6. The lowest BCUT2D eigenvalue weighted by Gasteiger charge is -2.11. The van der Waals surface area contributed by atoms with Gasteiger partial charge in [-0.25, -0.2) is 4.39 Å². The predicted octanol–water partition coefficient (Wildman–Crippen LogP) is 3.47. The Bertz CT molecular complexity index is 465. The van der Waals surface area contributed by atoms with Crippen LogP contribution in [-0.4, -0.2) is 5.11 Å². The van der Waals surface area contributed by atoms with Gasteiger partial charge in [-0.2, -0.15) is 11.3 Å². The van der Waals surface area contributed by atoms with E-state index in [-0.39, 0.29) is 5.82 Å². The van der Waals surface area contributed by atoms with Crippen molar-refractivity contribution >= 4 is 11.3 Å². The third-order valence-electron chi connectivity index (χ3n) is 2.52. The van der Waals surface area contributed by atoms with Crippen molar-refractivity contribution in [3.63, 3.8) is 0 Å². The number of benzene rings is 1. The van der Waals surface area contributed by atoms with Crippen molar-refractivity contribution in [2.45, 2.75) is 19.4 Å². The van der Waals surface area contributed by atoms with Crippen molar-refractivity contribution in [1.82, 2.24) is 0 Å². The Kier molecular flexibility index (Phi) is 3.36. The van der Waals surface area contributed by atoms with Crippen molar-refractivity contribution in [1.29, 1.82) is 0 Å². The molecular formula is C13H13FOS. The van der Waals surface area contributed by atoms with E-state index in [1.165, 1.54) is 6.07 Å². The zero-order chi connectivity index (χ0) is 11.5. The van der Waals surface area contributed by atoms with Crippen molar-refractivity contribution in [3.8, 4) is 0 Å². The Morgan fingerprint density at radius 1 is 1.38 bits per heavy atom. The van der Waals surface area contributed by atoms with Gasteiger partial charge in [-0.1, -0.05) is 12.1 Å². The standard InChI is InChI=1S/C13H13FOS/c1-9-2-3-11(12(14)6-9)13(15)7-10-4-5-16-8-10/h2-6,8,13,15H,7H2,1H3. The van der Waals surface area contributed by atoms with Gasteiger partial charge in [0.15, 0.2) is 0 Å². The lowest BCUT2D eigenvalue weighted by Crippen LogP contribution is -2.03. The molecule has 0 aliphatic carbocycles. The summed E-state index contributed by atoms with van der Waals surface area (Å²) in [5.74, 6) is -0.331. The molecule has 3 heteroatoms. The zero-order valence-electron chi connectivity index (χ0n) is 8.98. The molecule has 84 valence electrons. The molecular weight excluding hydrogens is 223 g/mol. The number of hydrogen-bond acceptors (Lipinski definition) is 2. The fourth-order valence-corrected chi connectivity index (χ4v) is 2.33. The van der Waals surface area contributed by atoms with Crippen molar-refractivity contribution in [2.75, 3.05) is 0 Å². The van der Waals surface area contributed by atoms with Crippen molar-refractivity contribution < 1.29 is 9.50 Å². The summed E-state index contributed by atoms with van der Waals surface area (Å²) < 4.78 is 13.6. The van der Waals surface area contributed by atoms with E-state index in [0.29, 0.717) is 12.0 Å². The van der Waals surface area contributed by atoms with Gasteiger partial charge in [0.25, 0.3) is 0 Å². The first-order valence-corrected chi connectivity index (χ1v) is 6.06. The Morgan fingerprint density at radius 2 is 2.19 bits per heavy atom. The third kappa shape index (κ3) is 2.49. The summed E-state index contributed by atoms with van der Waals surface area (Å²) in [6, 6.07) is 6.86. The topological polar surface area (TPSA) is 20.2 Å². The van der Waals surface area contributed by atoms with Gasteiger partial charge >= 0.3 is 0 Å². The number of thiophene rings is 1. The van der Waals surface area contributed by atoms with Crippen molar-refractivity contribution in [2.24, 2.45) is 0 Å². The number of aryl methyl sites for hydroxylation is 1. The lowest BCUT2D eigenvalue weighted by atomic mass is 10.0. The van der Waals surface area contributed by atoms with Gasteiger partial charge in [0.05, 0.1) is 6.10 Å². The fourth-order valence-electron chi connectivity index (χ4n) is 1.64. The van der Waals surface area contributed by atoms with Gasteiger partial charge in [0.1, 0.15) is 5.82 Å². The molecule has 1 aromatic carbocycles. The zero-order valence-corrected chi connectivity index (χ0v) is 9.80. The normalized spacial score (nSPS) is 12.7. The third-order valence-corrected chi connectivity index (χ3v) is 3.26. The van der Waals surface area contributed by atoms with E-state index >= 15 is 0 Å². The van der Waals surface area contributed by atoms with E-state index in [2.05, 4.69) is 0 Å². The molecule has 0 radical (unpaired) electrons. The highest BCUT2D eigenvalue weighted by molar-refractivity contribution is 7.07. The van der Waals surface area contributed by atoms with E-state index in [9.17, 15) is 9.50 Å². The van der Waals surface area contributed by atoms with Gasteiger partial charge < -0.3 is 5.11 Å². The molecule has 1 N–H and O–H groups in total. The Morgan fingerprint density at radius 3 is 2.81 bits per heavy atom. The highest BCUT2D eigenvalue weighted by atomic mass is 32.1. The molecule has 16 heavy (non-hydrogen) atoms. The van der Waals surface area contributed by atoms with Crippen LogP contribution in [0.3, 0.4) is 0 Å². The molecule has 1 atom stereocenters. The van der Waals surface area contributed by atoms with Crippen LogP contribution < -0.4 is 0 Å². The molecule has 0 bridgehead atoms. The van der Waals surface area contributed by atoms with Crippen LogP contribution in [0.2, 0.25) is 0 Å². The second-order valence-corrected chi connectivity index (χ2v) is 4.66. The molecule has 0 aliphatic rings. The molecule has 2 rings (SSSR count). The van der Waals surface area contributed by atoms with E-state index in [1.54, 1.807) is 17.4 Å². The van der Waals surface area contributed by atoms with Gasteiger partial charge in [0, 0.05) is 12.0 Å². The van der Waals surface area contributed by atoms with Crippen LogP contribution in [0.4, 0.5) is 4.39 Å². The van der Waals surface area contributed by atoms with Gasteiger partial charge in [-0.15, -0.1) is 0 Å². The maximum Gasteiger partial charge on any atom is 0.129 e. The van der Waals surface area contributed by atoms with Crippen LogP contribution in [0.25, 0.3) is 0 Å². The summed E-state index contributed by atoms with van der Waals surface area (Å²) in [5.41, 5.74) is 2.28. The number of rotatable bonds is 3. The average Bonchev–Trinajstić information content (AvgIpc) is 2.70. The fraction of sp³-hybridized carbons (Fsp3) is 0.231. The summed E-state index contributed by atoms with van der Waals surface area (Å²) in [6.07, 6.45) is -0.307. The molecule has 1 unspecified atom stereocenters. The van der Waals surface area contributed by atoms with Crippen LogP contribution in [0.5, 0.6) is 0 Å². The molecule has 1 heterocycles. The summed E-state index contributed by atoms with van der Waals surface area (Å²) in [5, 5.41) is 13.8. The van der Waals surface area contributed by atoms with E-state index in [0.717, 1.165) is 11.1 Å². The highest BCUT2D eigenvalue weighted by Crippen LogP contribution is 2.22. The molecule has 1 aromatic heterocycles. The first-order chi connectivity index (χ1) is 7.66. The van der Waals surface area contributed by atoms with Gasteiger partial charge in [-0.05, 0) is 40.9 Å². The minimum Gasteiger partial charge on any atom is -0.388 e. The minimum absolute atomic E-state index is 0.331. The summed E-state index contributed by atoms with van der Waals surface area (Å²) in [7, 11) is 0.